The average molecular weight is 581 g/mol. The Hall–Kier alpha value is -2.95. The second-order valence-electron chi connectivity index (χ2n) is 9.64. The zero-order valence-electron chi connectivity index (χ0n) is 22.6. The van der Waals surface area contributed by atoms with Crippen molar-refractivity contribution in [3.63, 3.8) is 0 Å². The third-order valence-corrected chi connectivity index (χ3v) is 10.0. The number of fused-ring (bicyclic) bond motifs is 1. The number of carbonyl (C=O) groups excluding carboxylic acids is 2. The molecule has 0 atom stereocenters. The molecule has 0 radical (unpaired) electrons. The second-order valence-corrected chi connectivity index (χ2v) is 12.8. The molecule has 1 aliphatic carbocycles. The molecule has 39 heavy (non-hydrogen) atoms. The highest BCUT2D eigenvalue weighted by Crippen LogP contribution is 2.40. The lowest BCUT2D eigenvalue weighted by molar-refractivity contribution is -0.113. The van der Waals surface area contributed by atoms with Gasteiger partial charge in [0.1, 0.15) is 5.00 Å². The van der Waals surface area contributed by atoms with Crippen molar-refractivity contribution in [1.82, 2.24) is 14.8 Å². The number of nitrogens with one attached hydrogen (secondary N) is 1. The van der Waals surface area contributed by atoms with Crippen LogP contribution in [0.3, 0.4) is 0 Å². The van der Waals surface area contributed by atoms with Crippen molar-refractivity contribution in [2.24, 2.45) is 7.05 Å². The van der Waals surface area contributed by atoms with Crippen molar-refractivity contribution in [2.45, 2.75) is 58.0 Å². The first-order valence-electron chi connectivity index (χ1n) is 13.2. The van der Waals surface area contributed by atoms with Crippen LogP contribution < -0.4 is 5.32 Å². The maximum absolute atomic E-state index is 13.0. The van der Waals surface area contributed by atoms with Gasteiger partial charge in [0.25, 0.3) is 0 Å². The third kappa shape index (κ3) is 5.83. The minimum absolute atomic E-state index is 0.157. The highest BCUT2D eigenvalue weighted by Gasteiger charge is 2.27. The first-order chi connectivity index (χ1) is 18.9. The molecule has 0 fully saturated rings. The number of aryl methyl sites for hydroxylation is 3. The molecular formula is C29H32N4O3S3. The minimum Gasteiger partial charge on any atom is -0.462 e. The molecular weight excluding hydrogens is 549 g/mol. The number of aromatic nitrogens is 3. The Morgan fingerprint density at radius 1 is 1.10 bits per heavy atom. The molecule has 1 aliphatic rings. The maximum atomic E-state index is 13.0. The third-order valence-electron chi connectivity index (χ3n) is 6.88. The van der Waals surface area contributed by atoms with E-state index in [0.29, 0.717) is 22.3 Å². The van der Waals surface area contributed by atoms with Gasteiger partial charge in [-0.05, 0) is 57.6 Å². The van der Waals surface area contributed by atoms with Crippen LogP contribution in [0.4, 0.5) is 5.00 Å². The van der Waals surface area contributed by atoms with Gasteiger partial charge in [0, 0.05) is 33.3 Å². The highest BCUT2D eigenvalue weighted by molar-refractivity contribution is 7.99. The summed E-state index contributed by atoms with van der Waals surface area (Å²) in [6, 6.07) is 8.51. The molecule has 3 aromatic heterocycles. The summed E-state index contributed by atoms with van der Waals surface area (Å²) in [6.45, 7) is 6.30. The van der Waals surface area contributed by atoms with Crippen LogP contribution >= 0.6 is 34.4 Å². The van der Waals surface area contributed by atoms with Crippen molar-refractivity contribution >= 4 is 51.3 Å². The molecule has 204 valence electrons. The first-order valence-corrected chi connectivity index (χ1v) is 15.8. The normalized spacial score (nSPS) is 13.1. The number of benzene rings is 1. The fourth-order valence-electron chi connectivity index (χ4n) is 4.92. The summed E-state index contributed by atoms with van der Waals surface area (Å²) >= 11 is 4.54. The number of thiophene rings is 2. The van der Waals surface area contributed by atoms with Crippen LogP contribution in [-0.2, 0) is 29.4 Å². The van der Waals surface area contributed by atoms with E-state index in [-0.39, 0.29) is 17.6 Å². The van der Waals surface area contributed by atoms with Crippen LogP contribution in [0, 0.1) is 13.8 Å². The summed E-state index contributed by atoms with van der Waals surface area (Å²) < 4.78 is 7.28. The van der Waals surface area contributed by atoms with Gasteiger partial charge >= 0.3 is 5.97 Å². The van der Waals surface area contributed by atoms with Gasteiger partial charge in [0.15, 0.2) is 11.0 Å². The van der Waals surface area contributed by atoms with Gasteiger partial charge in [-0.25, -0.2) is 4.79 Å². The second kappa shape index (κ2) is 12.1. The lowest BCUT2D eigenvalue weighted by Gasteiger charge is -2.09. The first kappa shape index (κ1) is 27.6. The van der Waals surface area contributed by atoms with Crippen LogP contribution in [0.2, 0.25) is 0 Å². The predicted molar refractivity (Wildman–Crippen MR) is 160 cm³/mol. The van der Waals surface area contributed by atoms with E-state index in [9.17, 15) is 9.59 Å². The maximum Gasteiger partial charge on any atom is 0.341 e. The van der Waals surface area contributed by atoms with Crippen LogP contribution in [0.1, 0.15) is 57.4 Å². The van der Waals surface area contributed by atoms with Crippen molar-refractivity contribution in [3.8, 4) is 22.5 Å². The monoisotopic (exact) mass is 580 g/mol. The molecule has 1 amide bonds. The summed E-state index contributed by atoms with van der Waals surface area (Å²) in [5, 5.41) is 15.2. The van der Waals surface area contributed by atoms with E-state index in [1.807, 2.05) is 11.6 Å². The molecule has 4 aromatic rings. The fourth-order valence-corrected chi connectivity index (χ4v) is 7.78. The topological polar surface area (TPSA) is 86.1 Å². The Morgan fingerprint density at radius 3 is 2.64 bits per heavy atom. The number of rotatable bonds is 8. The predicted octanol–water partition coefficient (Wildman–Crippen LogP) is 7.07. The molecule has 5 rings (SSSR count). The van der Waals surface area contributed by atoms with E-state index in [0.717, 1.165) is 60.2 Å². The van der Waals surface area contributed by atoms with Crippen LogP contribution in [0.5, 0.6) is 0 Å². The van der Waals surface area contributed by atoms with Gasteiger partial charge in [-0.3, -0.25) is 4.79 Å². The number of esters is 1. The van der Waals surface area contributed by atoms with E-state index in [1.54, 1.807) is 18.3 Å². The summed E-state index contributed by atoms with van der Waals surface area (Å²) in [5.41, 5.74) is 6.15. The minimum atomic E-state index is -0.353. The lowest BCUT2D eigenvalue weighted by Crippen LogP contribution is -2.17. The molecule has 1 aromatic carbocycles. The van der Waals surface area contributed by atoms with Crippen LogP contribution in [-0.4, -0.2) is 39.0 Å². The zero-order chi connectivity index (χ0) is 27.5. The van der Waals surface area contributed by atoms with E-state index in [2.05, 4.69) is 59.0 Å². The van der Waals surface area contributed by atoms with Crippen molar-refractivity contribution in [2.75, 3.05) is 17.7 Å². The highest BCUT2D eigenvalue weighted by atomic mass is 32.2. The molecule has 0 spiro atoms. The van der Waals surface area contributed by atoms with Gasteiger partial charge in [0.05, 0.1) is 17.9 Å². The molecule has 0 unspecified atom stereocenters. The van der Waals surface area contributed by atoms with Crippen LogP contribution in [0.15, 0.2) is 34.8 Å². The molecule has 3 heterocycles. The van der Waals surface area contributed by atoms with Crippen molar-refractivity contribution in [1.29, 1.82) is 0 Å². The van der Waals surface area contributed by atoms with Gasteiger partial charge in [-0.1, -0.05) is 48.0 Å². The van der Waals surface area contributed by atoms with Gasteiger partial charge < -0.3 is 14.6 Å². The Morgan fingerprint density at radius 2 is 1.87 bits per heavy atom. The van der Waals surface area contributed by atoms with E-state index >= 15 is 0 Å². The quantitative estimate of drug-likeness (QED) is 0.136. The summed E-state index contributed by atoms with van der Waals surface area (Å²) in [7, 11) is 1.93. The molecule has 0 aliphatic heterocycles. The van der Waals surface area contributed by atoms with E-state index in [1.165, 1.54) is 38.4 Å². The Bertz CT molecular complexity index is 1500. The Balaban J connectivity index is 1.32. The average Bonchev–Trinajstić information content (AvgIpc) is 3.52. The standard InChI is InChI=1S/C29H32N4O3S3/c1-5-36-28(35)25-20-9-7-6-8-10-22(20)39-27(25)30-23(34)16-38-29-32-31-26(33(29)4)21-15-37-18(3)24(21)19-13-11-17(2)12-14-19/h11-15H,5-10,16H2,1-4H3,(H,30,34). The molecule has 0 saturated heterocycles. The largest absolute Gasteiger partial charge is 0.462 e. The van der Waals surface area contributed by atoms with Crippen LogP contribution in [0.25, 0.3) is 22.5 Å². The molecule has 7 nitrogen and oxygen atoms in total. The lowest BCUT2D eigenvalue weighted by atomic mass is 10.0. The van der Waals surface area contributed by atoms with Gasteiger partial charge in [-0.2, -0.15) is 0 Å². The Kier molecular flexibility index (Phi) is 8.54. The molecule has 0 bridgehead atoms. The molecule has 1 N–H and O–H groups in total. The van der Waals surface area contributed by atoms with Gasteiger partial charge in [-0.15, -0.1) is 32.9 Å². The number of ether oxygens (including phenoxy) is 1. The smallest absolute Gasteiger partial charge is 0.341 e. The summed E-state index contributed by atoms with van der Waals surface area (Å²) in [6.07, 6.45) is 5.08. The van der Waals surface area contributed by atoms with Gasteiger partial charge in [0.2, 0.25) is 5.91 Å². The number of carbonyl (C=O) groups is 2. The molecule has 10 heteroatoms. The fraction of sp³-hybridized carbons (Fsp3) is 0.379. The van der Waals surface area contributed by atoms with E-state index in [4.69, 9.17) is 4.74 Å². The van der Waals surface area contributed by atoms with Crippen molar-refractivity contribution in [3.05, 3.63) is 56.1 Å². The number of amides is 1. The number of nitrogens with zero attached hydrogens (tertiary/aromatic N) is 3. The number of thioether (sulfide) groups is 1. The summed E-state index contributed by atoms with van der Waals surface area (Å²) in [4.78, 5) is 28.2. The van der Waals surface area contributed by atoms with E-state index < -0.39 is 0 Å². The SMILES string of the molecule is CCOC(=O)c1c(NC(=O)CSc2nnc(-c3csc(C)c3-c3ccc(C)cc3)n2C)sc2c1CCCCC2. The number of hydrogen-bond acceptors (Lipinski definition) is 8. The van der Waals surface area contributed by atoms with Crippen molar-refractivity contribution < 1.29 is 14.3 Å². The number of hydrogen-bond donors (Lipinski definition) is 1. The zero-order valence-corrected chi connectivity index (χ0v) is 25.1. The molecule has 0 saturated carbocycles. The number of anilines is 1. The Labute approximate surface area is 241 Å². The summed E-state index contributed by atoms with van der Waals surface area (Å²) in [5.74, 6) is 0.389.